The molecule has 2 aromatic carbocycles. The molecule has 158 valence electrons. The molecule has 0 bridgehead atoms. The van der Waals surface area contributed by atoms with E-state index in [4.69, 9.17) is 9.72 Å². The van der Waals surface area contributed by atoms with E-state index in [2.05, 4.69) is 50.2 Å². The predicted molar refractivity (Wildman–Crippen MR) is 126 cm³/mol. The lowest BCUT2D eigenvalue weighted by Gasteiger charge is -2.31. The van der Waals surface area contributed by atoms with E-state index in [-0.39, 0.29) is 12.0 Å². The number of amides is 1. The molecule has 0 atom stereocenters. The van der Waals surface area contributed by atoms with Gasteiger partial charge in [0.2, 0.25) is 5.91 Å². The third-order valence-corrected chi connectivity index (χ3v) is 7.71. The zero-order valence-corrected chi connectivity index (χ0v) is 19.2. The lowest BCUT2D eigenvalue weighted by Crippen LogP contribution is -2.41. The van der Waals surface area contributed by atoms with Gasteiger partial charge in [-0.25, -0.2) is 4.98 Å². The zero-order chi connectivity index (χ0) is 20.9. The van der Waals surface area contributed by atoms with Crippen LogP contribution in [0.1, 0.15) is 36.8 Å². The molecule has 0 unspecified atom stereocenters. The molecule has 1 aliphatic heterocycles. The molecule has 1 fully saturated rings. The number of aromatic nitrogens is 1. The Bertz CT molecular complexity index is 956. The molecule has 0 radical (unpaired) electrons. The van der Waals surface area contributed by atoms with Crippen LogP contribution in [-0.2, 0) is 4.79 Å². The number of piperidine rings is 1. The Morgan fingerprint density at radius 2 is 1.87 bits per heavy atom. The summed E-state index contributed by atoms with van der Waals surface area (Å²) in [6.45, 7) is 5.76. The van der Waals surface area contributed by atoms with E-state index in [1.807, 2.05) is 22.7 Å². The molecule has 2 heterocycles. The van der Waals surface area contributed by atoms with Gasteiger partial charge >= 0.3 is 0 Å². The van der Waals surface area contributed by atoms with Gasteiger partial charge in [0.15, 0.2) is 0 Å². The van der Waals surface area contributed by atoms with Crippen molar-refractivity contribution in [2.45, 2.75) is 50.5 Å². The summed E-state index contributed by atoms with van der Waals surface area (Å²) in [5.74, 6) is 1.25. The quantitative estimate of drug-likeness (QED) is 0.341. The van der Waals surface area contributed by atoms with Gasteiger partial charge in [-0.1, -0.05) is 41.7 Å². The fourth-order valence-electron chi connectivity index (χ4n) is 3.74. The Hall–Kier alpha value is -2.05. The van der Waals surface area contributed by atoms with Gasteiger partial charge < -0.3 is 9.64 Å². The van der Waals surface area contributed by atoms with Crippen LogP contribution in [0.5, 0.6) is 5.19 Å². The van der Waals surface area contributed by atoms with E-state index in [1.165, 1.54) is 20.7 Å². The van der Waals surface area contributed by atoms with Crippen LogP contribution in [0, 0.1) is 13.8 Å². The fraction of sp³-hybridized carbons (Fsp3) is 0.417. The highest BCUT2D eigenvalue weighted by atomic mass is 32.2. The highest BCUT2D eigenvalue weighted by molar-refractivity contribution is 7.99. The average Bonchev–Trinajstić information content (AvgIpc) is 3.20. The van der Waals surface area contributed by atoms with Crippen molar-refractivity contribution in [2.24, 2.45) is 0 Å². The van der Waals surface area contributed by atoms with Crippen molar-refractivity contribution in [2.75, 3.05) is 18.8 Å². The normalized spacial score (nSPS) is 14.9. The molecule has 6 heteroatoms. The van der Waals surface area contributed by atoms with E-state index < -0.39 is 0 Å². The molecule has 0 N–H and O–H groups in total. The maximum atomic E-state index is 12.5. The Labute approximate surface area is 186 Å². The molecule has 1 aromatic heterocycles. The number of hydrogen-bond donors (Lipinski definition) is 0. The van der Waals surface area contributed by atoms with Gasteiger partial charge in [-0.15, -0.1) is 11.8 Å². The molecular formula is C24H28N2O2S2. The summed E-state index contributed by atoms with van der Waals surface area (Å²) in [6, 6.07) is 14.6. The van der Waals surface area contributed by atoms with Crippen LogP contribution < -0.4 is 4.74 Å². The molecule has 1 saturated heterocycles. The molecule has 1 aliphatic rings. The number of likely N-dealkylation sites (tertiary alicyclic amines) is 1. The van der Waals surface area contributed by atoms with Crippen LogP contribution in [0.25, 0.3) is 10.2 Å². The number of hydrogen-bond acceptors (Lipinski definition) is 5. The zero-order valence-electron chi connectivity index (χ0n) is 17.6. The Morgan fingerprint density at radius 1 is 1.13 bits per heavy atom. The first-order valence-corrected chi connectivity index (χ1v) is 12.4. The van der Waals surface area contributed by atoms with Crippen LogP contribution in [0.15, 0.2) is 47.4 Å². The monoisotopic (exact) mass is 440 g/mol. The number of fused-ring (bicyclic) bond motifs is 1. The lowest BCUT2D eigenvalue weighted by atomic mass is 10.1. The summed E-state index contributed by atoms with van der Waals surface area (Å²) in [4.78, 5) is 20.5. The summed E-state index contributed by atoms with van der Waals surface area (Å²) < 4.78 is 7.41. The van der Waals surface area contributed by atoms with Gasteiger partial charge in [0.25, 0.3) is 5.19 Å². The number of thioether (sulfide) groups is 1. The van der Waals surface area contributed by atoms with Crippen LogP contribution in [0.2, 0.25) is 0 Å². The molecule has 0 spiro atoms. The molecule has 0 aliphatic carbocycles. The number of ether oxygens (including phenoxy) is 1. The van der Waals surface area contributed by atoms with Gasteiger partial charge in [0, 0.05) is 37.2 Å². The minimum atomic E-state index is 0.142. The van der Waals surface area contributed by atoms with E-state index in [0.717, 1.165) is 48.8 Å². The number of carbonyl (C=O) groups excluding carboxylic acids is 1. The van der Waals surface area contributed by atoms with Gasteiger partial charge in [0.1, 0.15) is 6.10 Å². The van der Waals surface area contributed by atoms with Crippen molar-refractivity contribution in [1.82, 2.24) is 9.88 Å². The summed E-state index contributed by atoms with van der Waals surface area (Å²) in [5.41, 5.74) is 3.48. The second kappa shape index (κ2) is 9.84. The molecule has 3 aromatic rings. The van der Waals surface area contributed by atoms with Crippen molar-refractivity contribution < 1.29 is 9.53 Å². The predicted octanol–water partition coefficient (Wildman–Crippen LogP) is 5.86. The Balaban J connectivity index is 1.21. The van der Waals surface area contributed by atoms with Crippen molar-refractivity contribution in [3.8, 4) is 5.19 Å². The Kier molecular flexibility index (Phi) is 6.95. The van der Waals surface area contributed by atoms with Crippen LogP contribution >= 0.6 is 23.1 Å². The van der Waals surface area contributed by atoms with Gasteiger partial charge in [-0.05, 0) is 49.3 Å². The Morgan fingerprint density at radius 3 is 2.60 bits per heavy atom. The maximum Gasteiger partial charge on any atom is 0.274 e. The summed E-state index contributed by atoms with van der Waals surface area (Å²) in [5, 5.41) is 0.755. The molecular weight excluding hydrogens is 412 g/mol. The van der Waals surface area contributed by atoms with E-state index in [0.29, 0.717) is 6.42 Å². The first kappa shape index (κ1) is 21.2. The highest BCUT2D eigenvalue weighted by Gasteiger charge is 2.24. The molecule has 0 saturated carbocycles. The van der Waals surface area contributed by atoms with Crippen LogP contribution in [-0.4, -0.2) is 40.7 Å². The van der Waals surface area contributed by atoms with Crippen LogP contribution in [0.4, 0.5) is 0 Å². The number of thiazole rings is 1. The second-order valence-electron chi connectivity index (χ2n) is 7.82. The number of rotatable bonds is 7. The smallest absolute Gasteiger partial charge is 0.274 e. The summed E-state index contributed by atoms with van der Waals surface area (Å²) >= 11 is 3.45. The van der Waals surface area contributed by atoms with Crippen molar-refractivity contribution in [1.29, 1.82) is 0 Å². The van der Waals surface area contributed by atoms with Crippen LogP contribution in [0.3, 0.4) is 0 Å². The number of benzene rings is 2. The first-order valence-electron chi connectivity index (χ1n) is 10.6. The van der Waals surface area contributed by atoms with E-state index in [1.54, 1.807) is 11.3 Å². The van der Waals surface area contributed by atoms with Crippen molar-refractivity contribution in [3.05, 3.63) is 53.6 Å². The van der Waals surface area contributed by atoms with Gasteiger partial charge in [0.05, 0.1) is 10.2 Å². The maximum absolute atomic E-state index is 12.5. The highest BCUT2D eigenvalue weighted by Crippen LogP contribution is 2.33. The number of aryl methyl sites for hydroxylation is 2. The molecule has 1 amide bonds. The summed E-state index contributed by atoms with van der Waals surface area (Å²) in [7, 11) is 0. The minimum Gasteiger partial charge on any atom is -0.467 e. The van der Waals surface area contributed by atoms with Gasteiger partial charge in [-0.2, -0.15) is 0 Å². The van der Waals surface area contributed by atoms with E-state index in [9.17, 15) is 4.79 Å². The lowest BCUT2D eigenvalue weighted by molar-refractivity contribution is -0.133. The second-order valence-corrected chi connectivity index (χ2v) is 9.95. The SMILES string of the molecule is Cc1ccc(C)c2sc(OC3CCN(C(=O)CCCSc4ccccc4)CC3)nc12. The average molecular weight is 441 g/mol. The fourth-order valence-corrected chi connectivity index (χ4v) is 5.65. The molecule has 30 heavy (non-hydrogen) atoms. The third-order valence-electron chi connectivity index (χ3n) is 5.53. The van der Waals surface area contributed by atoms with Crippen molar-refractivity contribution in [3.63, 3.8) is 0 Å². The largest absolute Gasteiger partial charge is 0.467 e. The topological polar surface area (TPSA) is 42.4 Å². The van der Waals surface area contributed by atoms with Crippen molar-refractivity contribution >= 4 is 39.2 Å². The first-order chi connectivity index (χ1) is 14.6. The molecule has 4 rings (SSSR count). The van der Waals surface area contributed by atoms with E-state index >= 15 is 0 Å². The molecule has 4 nitrogen and oxygen atoms in total. The minimum absolute atomic E-state index is 0.142. The third kappa shape index (κ3) is 5.16. The standard InChI is InChI=1S/C24H28N2O2S2/c1-17-10-11-18(2)23-22(17)25-24(30-23)28-19-12-14-26(15-13-19)21(27)9-6-16-29-20-7-4-3-5-8-20/h3-5,7-8,10-11,19H,6,9,12-16H2,1-2H3. The van der Waals surface area contributed by atoms with Gasteiger partial charge in [-0.3, -0.25) is 4.79 Å². The number of carbonyl (C=O) groups is 1. The summed E-state index contributed by atoms with van der Waals surface area (Å²) in [6.07, 6.45) is 3.43. The number of nitrogens with zero attached hydrogens (tertiary/aromatic N) is 2.